The van der Waals surface area contributed by atoms with Crippen LogP contribution in [0.2, 0.25) is 0 Å². The Morgan fingerprint density at radius 3 is 3.20 bits per heavy atom. The lowest BCUT2D eigenvalue weighted by molar-refractivity contribution is -0.105. The number of allylic oxidation sites excluding steroid dienone is 1. The number of rotatable bonds is 2. The molecule has 0 spiro atoms. The molecule has 0 saturated carbocycles. The molecule has 1 aliphatic rings. The van der Waals surface area contributed by atoms with Crippen molar-refractivity contribution in [3.8, 4) is 0 Å². The summed E-state index contributed by atoms with van der Waals surface area (Å²) >= 11 is 0. The van der Waals surface area contributed by atoms with E-state index in [1.807, 2.05) is 6.08 Å². The topological polar surface area (TPSA) is 26.3 Å². The minimum atomic E-state index is 0.269. The lowest BCUT2D eigenvalue weighted by Gasteiger charge is -2.18. The Hall–Kier alpha value is -0.630. The summed E-state index contributed by atoms with van der Waals surface area (Å²) in [5.41, 5.74) is 0.887. The number of methoxy groups -OCH3 is 1. The molecule has 1 unspecified atom stereocenters. The van der Waals surface area contributed by atoms with Crippen molar-refractivity contribution in [3.05, 3.63) is 11.6 Å². The second-order valence-corrected chi connectivity index (χ2v) is 2.54. The molecule has 0 aromatic carbocycles. The van der Waals surface area contributed by atoms with E-state index in [1.165, 1.54) is 0 Å². The molecule has 0 aromatic rings. The Balaban J connectivity index is 2.48. The van der Waals surface area contributed by atoms with Crippen molar-refractivity contribution in [2.45, 2.75) is 25.4 Å². The highest BCUT2D eigenvalue weighted by Crippen LogP contribution is 2.18. The Bertz CT molecular complexity index is 149. The van der Waals surface area contributed by atoms with Crippen LogP contribution in [0.5, 0.6) is 0 Å². The quantitative estimate of drug-likeness (QED) is 0.540. The Kier molecular flexibility index (Phi) is 2.63. The van der Waals surface area contributed by atoms with Crippen molar-refractivity contribution >= 4 is 6.29 Å². The van der Waals surface area contributed by atoms with Gasteiger partial charge in [0.2, 0.25) is 0 Å². The van der Waals surface area contributed by atoms with Gasteiger partial charge in [0, 0.05) is 13.5 Å². The monoisotopic (exact) mass is 140 g/mol. The number of carbonyl (C=O) groups is 1. The third-order valence-corrected chi connectivity index (χ3v) is 1.84. The first-order valence-corrected chi connectivity index (χ1v) is 3.54. The Morgan fingerprint density at radius 1 is 1.80 bits per heavy atom. The minimum absolute atomic E-state index is 0.269. The van der Waals surface area contributed by atoms with Crippen LogP contribution in [0.1, 0.15) is 19.3 Å². The molecule has 0 fully saturated rings. The number of aldehydes is 1. The summed E-state index contributed by atoms with van der Waals surface area (Å²) in [6, 6.07) is 0. The van der Waals surface area contributed by atoms with Crippen LogP contribution in [0.25, 0.3) is 0 Å². The lowest BCUT2D eigenvalue weighted by atomic mass is 9.98. The van der Waals surface area contributed by atoms with Crippen molar-refractivity contribution in [3.63, 3.8) is 0 Å². The Morgan fingerprint density at radius 2 is 2.60 bits per heavy atom. The van der Waals surface area contributed by atoms with Crippen LogP contribution < -0.4 is 0 Å². The molecular weight excluding hydrogens is 128 g/mol. The maximum absolute atomic E-state index is 10.3. The van der Waals surface area contributed by atoms with Crippen LogP contribution in [0.4, 0.5) is 0 Å². The molecule has 0 radical (unpaired) electrons. The van der Waals surface area contributed by atoms with Crippen molar-refractivity contribution in [1.82, 2.24) is 0 Å². The van der Waals surface area contributed by atoms with Crippen molar-refractivity contribution in [2.75, 3.05) is 7.11 Å². The Labute approximate surface area is 60.9 Å². The number of hydrogen-bond acceptors (Lipinski definition) is 2. The van der Waals surface area contributed by atoms with Crippen LogP contribution in [0, 0.1) is 0 Å². The van der Waals surface area contributed by atoms with Crippen LogP contribution in [-0.4, -0.2) is 19.5 Å². The molecule has 0 bridgehead atoms. The predicted molar refractivity (Wildman–Crippen MR) is 38.8 cm³/mol. The van der Waals surface area contributed by atoms with Crippen LogP contribution in [-0.2, 0) is 9.53 Å². The highest BCUT2D eigenvalue weighted by atomic mass is 16.5. The first kappa shape index (κ1) is 7.48. The van der Waals surface area contributed by atoms with E-state index in [0.717, 1.165) is 31.1 Å². The average Bonchev–Trinajstić information content (AvgIpc) is 2.05. The van der Waals surface area contributed by atoms with Crippen molar-refractivity contribution < 1.29 is 9.53 Å². The van der Waals surface area contributed by atoms with Gasteiger partial charge in [-0.3, -0.25) is 4.79 Å². The molecule has 0 aromatic heterocycles. The summed E-state index contributed by atoms with van der Waals surface area (Å²) in [6.07, 6.45) is 6.00. The van der Waals surface area contributed by atoms with E-state index in [0.29, 0.717) is 0 Å². The van der Waals surface area contributed by atoms with Gasteiger partial charge in [0.1, 0.15) is 6.29 Å². The van der Waals surface area contributed by atoms with Crippen LogP contribution in [0.15, 0.2) is 11.6 Å². The van der Waals surface area contributed by atoms with Gasteiger partial charge in [0.15, 0.2) is 0 Å². The zero-order valence-corrected chi connectivity index (χ0v) is 6.17. The average molecular weight is 140 g/mol. The fraction of sp³-hybridized carbons (Fsp3) is 0.625. The summed E-state index contributed by atoms with van der Waals surface area (Å²) in [5, 5.41) is 0. The van der Waals surface area contributed by atoms with Gasteiger partial charge in [-0.2, -0.15) is 0 Å². The van der Waals surface area contributed by atoms with Gasteiger partial charge >= 0.3 is 0 Å². The molecule has 0 amide bonds. The number of ether oxygens (including phenoxy) is 1. The molecule has 56 valence electrons. The summed E-state index contributed by atoms with van der Waals surface area (Å²) in [4.78, 5) is 10.3. The maximum atomic E-state index is 10.3. The second kappa shape index (κ2) is 3.52. The van der Waals surface area contributed by atoms with Crippen molar-refractivity contribution in [1.29, 1.82) is 0 Å². The van der Waals surface area contributed by atoms with Gasteiger partial charge in [-0.15, -0.1) is 0 Å². The van der Waals surface area contributed by atoms with Gasteiger partial charge < -0.3 is 4.74 Å². The van der Waals surface area contributed by atoms with E-state index < -0.39 is 0 Å². The van der Waals surface area contributed by atoms with Gasteiger partial charge in [-0.1, -0.05) is 6.08 Å². The van der Waals surface area contributed by atoms with E-state index in [9.17, 15) is 4.79 Å². The van der Waals surface area contributed by atoms with Gasteiger partial charge in [-0.05, 0) is 18.4 Å². The molecule has 1 atom stereocenters. The largest absolute Gasteiger partial charge is 0.381 e. The van der Waals surface area contributed by atoms with Crippen molar-refractivity contribution in [2.24, 2.45) is 0 Å². The highest BCUT2D eigenvalue weighted by Gasteiger charge is 2.13. The third kappa shape index (κ3) is 1.67. The van der Waals surface area contributed by atoms with Crippen LogP contribution >= 0.6 is 0 Å². The molecule has 1 aliphatic carbocycles. The first-order chi connectivity index (χ1) is 4.86. The van der Waals surface area contributed by atoms with E-state index in [4.69, 9.17) is 4.74 Å². The highest BCUT2D eigenvalue weighted by molar-refractivity contribution is 5.73. The first-order valence-electron chi connectivity index (χ1n) is 3.54. The number of hydrogen-bond donors (Lipinski definition) is 0. The zero-order valence-electron chi connectivity index (χ0n) is 6.17. The maximum Gasteiger partial charge on any atom is 0.145 e. The SMILES string of the molecule is COC1CCC=C(C=O)C1. The minimum Gasteiger partial charge on any atom is -0.381 e. The normalized spacial score (nSPS) is 25.7. The number of carbonyl (C=O) groups excluding carboxylic acids is 1. The molecule has 0 heterocycles. The predicted octanol–water partition coefficient (Wildman–Crippen LogP) is 1.31. The van der Waals surface area contributed by atoms with Gasteiger partial charge in [0.05, 0.1) is 6.10 Å². The molecule has 0 saturated heterocycles. The fourth-order valence-electron chi connectivity index (χ4n) is 1.20. The summed E-state index contributed by atoms with van der Waals surface area (Å²) in [5.74, 6) is 0. The molecule has 10 heavy (non-hydrogen) atoms. The molecule has 2 heteroatoms. The molecular formula is C8H12O2. The van der Waals surface area contributed by atoms with Crippen LogP contribution in [0.3, 0.4) is 0 Å². The summed E-state index contributed by atoms with van der Waals surface area (Å²) < 4.78 is 5.12. The third-order valence-electron chi connectivity index (χ3n) is 1.84. The lowest BCUT2D eigenvalue weighted by Crippen LogP contribution is -2.14. The van der Waals surface area contributed by atoms with Gasteiger partial charge in [-0.25, -0.2) is 0 Å². The molecule has 0 N–H and O–H groups in total. The smallest absolute Gasteiger partial charge is 0.145 e. The van der Waals surface area contributed by atoms with E-state index in [2.05, 4.69) is 0 Å². The van der Waals surface area contributed by atoms with Gasteiger partial charge in [0.25, 0.3) is 0 Å². The summed E-state index contributed by atoms with van der Waals surface area (Å²) in [6.45, 7) is 0. The molecule has 0 aliphatic heterocycles. The van der Waals surface area contributed by atoms with E-state index in [-0.39, 0.29) is 6.10 Å². The molecule has 1 rings (SSSR count). The fourth-order valence-corrected chi connectivity index (χ4v) is 1.20. The second-order valence-electron chi connectivity index (χ2n) is 2.54. The standard InChI is InChI=1S/C8H12O2/c1-10-8-4-2-3-7(5-8)6-9/h3,6,8H,2,4-5H2,1H3. The van der Waals surface area contributed by atoms with E-state index >= 15 is 0 Å². The zero-order chi connectivity index (χ0) is 7.40. The molecule has 2 nitrogen and oxygen atoms in total. The summed E-state index contributed by atoms with van der Waals surface area (Å²) in [7, 11) is 1.69. The van der Waals surface area contributed by atoms with E-state index in [1.54, 1.807) is 7.11 Å².